The molecule has 1 aromatic carbocycles. The van der Waals surface area contributed by atoms with E-state index in [9.17, 15) is 5.11 Å². The molecule has 1 atom stereocenters. The van der Waals surface area contributed by atoms with Gasteiger partial charge in [0.05, 0.1) is 24.0 Å². The van der Waals surface area contributed by atoms with Crippen LogP contribution in [0.15, 0.2) is 42.6 Å². The Bertz CT molecular complexity index is 978. The Morgan fingerprint density at radius 1 is 1.07 bits per heavy atom. The standard InChI is InChI=1S/C22H26ClN5O/c1-13(2)19(12-29)26-22-25-18(17-7-5-6-10-24-17)11-20(28-22)27-21-14(3)8-9-16(23)15(21)4/h5-11,13,19,29H,12H2,1-4H3,(H2,25,26,27,28)/t19-/m1/s1. The largest absolute Gasteiger partial charge is 0.394 e. The summed E-state index contributed by atoms with van der Waals surface area (Å²) in [6.45, 7) is 8.05. The molecular formula is C22H26ClN5O. The van der Waals surface area contributed by atoms with E-state index in [1.54, 1.807) is 6.20 Å². The van der Waals surface area contributed by atoms with Crippen molar-refractivity contribution >= 4 is 29.1 Å². The summed E-state index contributed by atoms with van der Waals surface area (Å²) < 4.78 is 0. The van der Waals surface area contributed by atoms with Gasteiger partial charge in [-0.1, -0.05) is 37.6 Å². The highest BCUT2D eigenvalue weighted by atomic mass is 35.5. The summed E-state index contributed by atoms with van der Waals surface area (Å²) in [6, 6.07) is 11.2. The second-order valence-electron chi connectivity index (χ2n) is 7.34. The van der Waals surface area contributed by atoms with Crippen molar-refractivity contribution in [1.29, 1.82) is 0 Å². The van der Waals surface area contributed by atoms with Gasteiger partial charge in [-0.25, -0.2) is 4.98 Å². The van der Waals surface area contributed by atoms with Crippen molar-refractivity contribution < 1.29 is 5.11 Å². The average molecular weight is 412 g/mol. The number of aryl methyl sites for hydroxylation is 1. The van der Waals surface area contributed by atoms with Crippen molar-refractivity contribution in [1.82, 2.24) is 15.0 Å². The Balaban J connectivity index is 2.04. The predicted octanol–water partition coefficient (Wildman–Crippen LogP) is 4.98. The van der Waals surface area contributed by atoms with Gasteiger partial charge in [0.25, 0.3) is 0 Å². The molecule has 0 radical (unpaired) electrons. The molecule has 6 nitrogen and oxygen atoms in total. The van der Waals surface area contributed by atoms with Crippen LogP contribution in [0.1, 0.15) is 25.0 Å². The van der Waals surface area contributed by atoms with Crippen LogP contribution in [0.25, 0.3) is 11.4 Å². The van der Waals surface area contributed by atoms with E-state index < -0.39 is 0 Å². The first-order valence-corrected chi connectivity index (χ1v) is 9.97. The van der Waals surface area contributed by atoms with Crippen molar-refractivity contribution in [3.8, 4) is 11.4 Å². The Morgan fingerprint density at radius 3 is 2.52 bits per heavy atom. The van der Waals surface area contributed by atoms with Crippen molar-refractivity contribution in [3.05, 3.63) is 58.7 Å². The molecule has 0 aliphatic carbocycles. The predicted molar refractivity (Wildman–Crippen MR) is 119 cm³/mol. The van der Waals surface area contributed by atoms with Gasteiger partial charge in [0.15, 0.2) is 0 Å². The second-order valence-corrected chi connectivity index (χ2v) is 7.75. The van der Waals surface area contributed by atoms with Gasteiger partial charge >= 0.3 is 0 Å². The van der Waals surface area contributed by atoms with Crippen LogP contribution >= 0.6 is 11.6 Å². The molecule has 29 heavy (non-hydrogen) atoms. The zero-order chi connectivity index (χ0) is 21.0. The van der Waals surface area contributed by atoms with Crippen LogP contribution in [0.2, 0.25) is 5.02 Å². The van der Waals surface area contributed by atoms with Gasteiger partial charge in [-0.15, -0.1) is 0 Å². The first kappa shape index (κ1) is 21.0. The van der Waals surface area contributed by atoms with Crippen molar-refractivity contribution in [2.45, 2.75) is 33.7 Å². The first-order valence-electron chi connectivity index (χ1n) is 9.59. The van der Waals surface area contributed by atoms with E-state index in [1.807, 2.05) is 64.1 Å². The number of hydrogen-bond donors (Lipinski definition) is 3. The molecule has 0 fully saturated rings. The van der Waals surface area contributed by atoms with Gasteiger partial charge < -0.3 is 15.7 Å². The average Bonchev–Trinajstić information content (AvgIpc) is 2.72. The summed E-state index contributed by atoms with van der Waals surface area (Å²) in [4.78, 5) is 13.6. The highest BCUT2D eigenvalue weighted by Crippen LogP contribution is 2.30. The van der Waals surface area contributed by atoms with Crippen LogP contribution in [0.3, 0.4) is 0 Å². The fourth-order valence-corrected chi connectivity index (χ4v) is 3.11. The first-order chi connectivity index (χ1) is 13.9. The van der Waals surface area contributed by atoms with Crippen LogP contribution < -0.4 is 10.6 Å². The third-order valence-corrected chi connectivity index (χ3v) is 5.24. The third-order valence-electron chi connectivity index (χ3n) is 4.83. The molecule has 0 saturated carbocycles. The van der Waals surface area contributed by atoms with E-state index in [4.69, 9.17) is 11.6 Å². The Labute approximate surface area is 176 Å². The lowest BCUT2D eigenvalue weighted by Crippen LogP contribution is -2.30. The minimum atomic E-state index is -0.156. The highest BCUT2D eigenvalue weighted by Gasteiger charge is 2.16. The lowest BCUT2D eigenvalue weighted by Gasteiger charge is -2.21. The van der Waals surface area contributed by atoms with E-state index in [-0.39, 0.29) is 18.6 Å². The zero-order valence-electron chi connectivity index (χ0n) is 17.1. The number of anilines is 3. The normalized spacial score (nSPS) is 12.1. The van der Waals surface area contributed by atoms with Crippen LogP contribution in [0.5, 0.6) is 0 Å². The molecule has 3 aromatic rings. The Morgan fingerprint density at radius 2 is 1.86 bits per heavy atom. The van der Waals surface area contributed by atoms with E-state index >= 15 is 0 Å². The number of rotatable bonds is 7. The zero-order valence-corrected chi connectivity index (χ0v) is 17.8. The molecule has 0 amide bonds. The minimum Gasteiger partial charge on any atom is -0.394 e. The number of nitrogens with zero attached hydrogens (tertiary/aromatic N) is 3. The smallest absolute Gasteiger partial charge is 0.225 e. The number of nitrogens with one attached hydrogen (secondary N) is 2. The Hall–Kier alpha value is -2.70. The molecule has 0 aliphatic rings. The van der Waals surface area contributed by atoms with Crippen LogP contribution in [0.4, 0.5) is 17.5 Å². The fourth-order valence-electron chi connectivity index (χ4n) is 2.95. The van der Waals surface area contributed by atoms with Crippen LogP contribution in [-0.4, -0.2) is 32.7 Å². The molecule has 0 spiro atoms. The molecule has 0 bridgehead atoms. The van der Waals surface area contributed by atoms with Gasteiger partial charge in [0.1, 0.15) is 5.82 Å². The number of aliphatic hydroxyl groups is 1. The number of aliphatic hydroxyl groups excluding tert-OH is 1. The lowest BCUT2D eigenvalue weighted by atomic mass is 10.1. The summed E-state index contributed by atoms with van der Waals surface area (Å²) in [6.07, 6.45) is 1.73. The van der Waals surface area contributed by atoms with Crippen LogP contribution in [0, 0.1) is 19.8 Å². The number of pyridine rings is 1. The minimum absolute atomic E-state index is 0.00981. The number of halogens is 1. The molecule has 7 heteroatoms. The maximum atomic E-state index is 9.69. The molecule has 3 N–H and O–H groups in total. The molecule has 152 valence electrons. The SMILES string of the molecule is Cc1ccc(Cl)c(C)c1Nc1cc(-c2ccccn2)nc(N[C@H](CO)C(C)C)n1. The number of benzene rings is 1. The van der Waals surface area contributed by atoms with Crippen molar-refractivity contribution in [2.75, 3.05) is 17.2 Å². The maximum absolute atomic E-state index is 9.69. The van der Waals surface area contributed by atoms with Crippen molar-refractivity contribution in [3.63, 3.8) is 0 Å². The van der Waals surface area contributed by atoms with Gasteiger partial charge in [-0.2, -0.15) is 4.98 Å². The number of hydrogen-bond acceptors (Lipinski definition) is 6. The van der Waals surface area contributed by atoms with Crippen LogP contribution in [-0.2, 0) is 0 Å². The fraction of sp³-hybridized carbons (Fsp3) is 0.318. The summed E-state index contributed by atoms with van der Waals surface area (Å²) in [5, 5.41) is 17.0. The van der Waals surface area contributed by atoms with E-state index in [0.29, 0.717) is 22.5 Å². The highest BCUT2D eigenvalue weighted by molar-refractivity contribution is 6.31. The third kappa shape index (κ3) is 5.02. The maximum Gasteiger partial charge on any atom is 0.225 e. The topological polar surface area (TPSA) is 83.0 Å². The molecule has 0 unspecified atom stereocenters. The van der Waals surface area contributed by atoms with E-state index in [1.165, 1.54) is 0 Å². The van der Waals surface area contributed by atoms with Crippen molar-refractivity contribution in [2.24, 2.45) is 5.92 Å². The number of aromatic nitrogens is 3. The van der Waals surface area contributed by atoms with E-state index in [2.05, 4.69) is 25.6 Å². The van der Waals surface area contributed by atoms with Gasteiger partial charge in [0, 0.05) is 23.0 Å². The molecule has 0 saturated heterocycles. The lowest BCUT2D eigenvalue weighted by molar-refractivity contribution is 0.248. The Kier molecular flexibility index (Phi) is 6.67. The molecule has 3 rings (SSSR count). The summed E-state index contributed by atoms with van der Waals surface area (Å²) in [7, 11) is 0. The van der Waals surface area contributed by atoms with Gasteiger partial charge in [-0.05, 0) is 49.1 Å². The quantitative estimate of drug-likeness (QED) is 0.508. The second kappa shape index (κ2) is 9.20. The van der Waals surface area contributed by atoms with Gasteiger partial charge in [-0.3, -0.25) is 4.98 Å². The summed E-state index contributed by atoms with van der Waals surface area (Å²) >= 11 is 6.31. The molecular weight excluding hydrogens is 386 g/mol. The monoisotopic (exact) mass is 411 g/mol. The summed E-state index contributed by atoms with van der Waals surface area (Å²) in [5.74, 6) is 1.27. The summed E-state index contributed by atoms with van der Waals surface area (Å²) in [5.41, 5.74) is 4.36. The molecule has 2 aromatic heterocycles. The van der Waals surface area contributed by atoms with Gasteiger partial charge in [0.2, 0.25) is 5.95 Å². The molecule has 2 heterocycles. The molecule has 0 aliphatic heterocycles. The van der Waals surface area contributed by atoms with E-state index in [0.717, 1.165) is 22.5 Å².